The number of pyridine rings is 1. The molecule has 7 heteroatoms. The Hall–Kier alpha value is -3.74. The number of carbonyl (C=O) groups is 1. The van der Waals surface area contributed by atoms with E-state index in [1.165, 1.54) is 0 Å². The molecule has 1 saturated heterocycles. The molecule has 0 spiro atoms. The standard InChI is InChI=1S/C22H20N6O/c29-22(17-15-24-18-6-2-1-5-16(17)18)28-13-11-27(12-14-28)21-9-8-20(25-26-21)19-7-3-4-10-23-19/h1-10,15,24H,11-14H2. The molecule has 0 atom stereocenters. The van der Waals surface area contributed by atoms with Gasteiger partial charge >= 0.3 is 0 Å². The van der Waals surface area contributed by atoms with Gasteiger partial charge in [-0.25, -0.2) is 0 Å². The highest BCUT2D eigenvalue weighted by Crippen LogP contribution is 2.21. The van der Waals surface area contributed by atoms with Crippen molar-refractivity contribution in [1.29, 1.82) is 0 Å². The van der Waals surface area contributed by atoms with Crippen LogP contribution >= 0.6 is 0 Å². The van der Waals surface area contributed by atoms with Gasteiger partial charge in [-0.3, -0.25) is 9.78 Å². The van der Waals surface area contributed by atoms with Gasteiger partial charge in [0.25, 0.3) is 5.91 Å². The molecule has 144 valence electrons. The molecule has 5 rings (SSSR count). The van der Waals surface area contributed by atoms with Crippen LogP contribution in [0.2, 0.25) is 0 Å². The number of hydrogen-bond donors (Lipinski definition) is 1. The highest BCUT2D eigenvalue weighted by Gasteiger charge is 2.24. The van der Waals surface area contributed by atoms with Crippen molar-refractivity contribution in [3.8, 4) is 11.4 Å². The Kier molecular flexibility index (Phi) is 4.40. The number of para-hydroxylation sites is 1. The minimum Gasteiger partial charge on any atom is -0.360 e. The molecule has 29 heavy (non-hydrogen) atoms. The van der Waals surface area contributed by atoms with Crippen LogP contribution in [0.15, 0.2) is 67.0 Å². The van der Waals surface area contributed by atoms with E-state index in [4.69, 9.17) is 0 Å². The highest BCUT2D eigenvalue weighted by molar-refractivity contribution is 6.06. The molecule has 1 amide bonds. The topological polar surface area (TPSA) is 78.0 Å². The summed E-state index contributed by atoms with van der Waals surface area (Å²) in [6.07, 6.45) is 3.55. The number of aromatic amines is 1. The number of hydrogen-bond acceptors (Lipinski definition) is 5. The lowest BCUT2D eigenvalue weighted by atomic mass is 10.1. The maximum absolute atomic E-state index is 13.0. The number of fused-ring (bicyclic) bond motifs is 1. The number of nitrogens with one attached hydrogen (secondary N) is 1. The molecule has 0 radical (unpaired) electrons. The lowest BCUT2D eigenvalue weighted by Crippen LogP contribution is -2.49. The number of rotatable bonds is 3. The predicted octanol–water partition coefficient (Wildman–Crippen LogP) is 2.98. The zero-order valence-corrected chi connectivity index (χ0v) is 15.8. The zero-order valence-electron chi connectivity index (χ0n) is 15.8. The summed E-state index contributed by atoms with van der Waals surface area (Å²) in [6, 6.07) is 17.5. The second-order valence-corrected chi connectivity index (χ2v) is 7.02. The predicted molar refractivity (Wildman–Crippen MR) is 112 cm³/mol. The molecule has 0 saturated carbocycles. The van der Waals surface area contributed by atoms with Crippen LogP contribution in [0.3, 0.4) is 0 Å². The summed E-state index contributed by atoms with van der Waals surface area (Å²) < 4.78 is 0. The quantitative estimate of drug-likeness (QED) is 0.588. The van der Waals surface area contributed by atoms with Crippen LogP contribution in [0.4, 0.5) is 5.82 Å². The van der Waals surface area contributed by atoms with Crippen molar-refractivity contribution in [1.82, 2.24) is 25.1 Å². The van der Waals surface area contributed by atoms with Crippen LogP contribution in [-0.2, 0) is 0 Å². The van der Waals surface area contributed by atoms with E-state index in [9.17, 15) is 4.79 Å². The fourth-order valence-electron chi connectivity index (χ4n) is 3.70. The molecule has 0 aliphatic carbocycles. The van der Waals surface area contributed by atoms with Gasteiger partial charge in [-0.05, 0) is 30.3 Å². The van der Waals surface area contributed by atoms with Gasteiger partial charge in [0.1, 0.15) is 5.69 Å². The number of nitrogens with zero attached hydrogens (tertiary/aromatic N) is 5. The van der Waals surface area contributed by atoms with Crippen LogP contribution in [0.1, 0.15) is 10.4 Å². The zero-order chi connectivity index (χ0) is 19.6. The third-order valence-electron chi connectivity index (χ3n) is 5.29. The van der Waals surface area contributed by atoms with E-state index in [0.29, 0.717) is 13.1 Å². The fourth-order valence-corrected chi connectivity index (χ4v) is 3.70. The maximum Gasteiger partial charge on any atom is 0.256 e. The van der Waals surface area contributed by atoms with E-state index >= 15 is 0 Å². The Morgan fingerprint density at radius 1 is 0.862 bits per heavy atom. The summed E-state index contributed by atoms with van der Waals surface area (Å²) in [6.45, 7) is 2.77. The van der Waals surface area contributed by atoms with E-state index < -0.39 is 0 Å². The first-order valence-corrected chi connectivity index (χ1v) is 9.65. The smallest absolute Gasteiger partial charge is 0.256 e. The van der Waals surface area contributed by atoms with Crippen molar-refractivity contribution in [2.24, 2.45) is 0 Å². The summed E-state index contributed by atoms with van der Waals surface area (Å²) in [4.78, 5) is 24.5. The molecule has 1 aliphatic heterocycles. The first kappa shape index (κ1) is 17.4. The number of piperazine rings is 1. The van der Waals surface area contributed by atoms with Crippen LogP contribution in [-0.4, -0.2) is 57.2 Å². The number of anilines is 1. The van der Waals surface area contributed by atoms with E-state index in [-0.39, 0.29) is 5.91 Å². The Balaban J connectivity index is 1.26. The number of aromatic nitrogens is 4. The fraction of sp³-hybridized carbons (Fsp3) is 0.182. The maximum atomic E-state index is 13.0. The summed E-state index contributed by atoms with van der Waals surface area (Å²) in [7, 11) is 0. The van der Waals surface area contributed by atoms with Gasteiger partial charge in [-0.2, -0.15) is 0 Å². The highest BCUT2D eigenvalue weighted by atomic mass is 16.2. The molecular weight excluding hydrogens is 364 g/mol. The van der Waals surface area contributed by atoms with E-state index in [1.807, 2.05) is 59.5 Å². The molecule has 1 aromatic carbocycles. The van der Waals surface area contributed by atoms with Crippen molar-refractivity contribution in [3.05, 3.63) is 72.6 Å². The molecule has 1 aliphatic rings. The van der Waals surface area contributed by atoms with Crippen molar-refractivity contribution in [3.63, 3.8) is 0 Å². The van der Waals surface area contributed by atoms with Gasteiger partial charge < -0.3 is 14.8 Å². The number of benzene rings is 1. The molecular formula is C22H20N6O. The van der Waals surface area contributed by atoms with Gasteiger partial charge in [0, 0.05) is 49.5 Å². The summed E-state index contributed by atoms with van der Waals surface area (Å²) >= 11 is 0. The lowest BCUT2D eigenvalue weighted by Gasteiger charge is -2.35. The average molecular weight is 384 g/mol. The molecule has 0 bridgehead atoms. The minimum atomic E-state index is 0.0682. The van der Waals surface area contributed by atoms with Crippen molar-refractivity contribution in [2.75, 3.05) is 31.1 Å². The number of H-pyrrole nitrogens is 1. The second kappa shape index (κ2) is 7.35. The lowest BCUT2D eigenvalue weighted by molar-refractivity contribution is 0.0748. The van der Waals surface area contributed by atoms with Crippen molar-refractivity contribution >= 4 is 22.6 Å². The van der Waals surface area contributed by atoms with Crippen LogP contribution in [0.25, 0.3) is 22.3 Å². The van der Waals surface area contributed by atoms with Crippen LogP contribution < -0.4 is 4.90 Å². The van der Waals surface area contributed by atoms with Gasteiger partial charge in [0.2, 0.25) is 0 Å². The number of carbonyl (C=O) groups excluding carboxylic acids is 1. The second-order valence-electron chi connectivity index (χ2n) is 7.02. The Labute approximate surface area is 168 Å². The van der Waals surface area contributed by atoms with Gasteiger partial charge in [-0.15, -0.1) is 10.2 Å². The molecule has 4 aromatic rings. The Bertz CT molecular complexity index is 1130. The molecule has 3 aromatic heterocycles. The van der Waals surface area contributed by atoms with E-state index in [1.54, 1.807) is 12.4 Å². The third-order valence-corrected chi connectivity index (χ3v) is 5.29. The SMILES string of the molecule is O=C(c1c[nH]c2ccccc12)N1CCN(c2ccc(-c3ccccn3)nn2)CC1. The van der Waals surface area contributed by atoms with Crippen molar-refractivity contribution < 1.29 is 4.79 Å². The van der Waals surface area contributed by atoms with Crippen molar-refractivity contribution in [2.45, 2.75) is 0 Å². The molecule has 1 fully saturated rings. The summed E-state index contributed by atoms with van der Waals surface area (Å²) in [5.41, 5.74) is 3.27. The third kappa shape index (κ3) is 3.31. The molecule has 0 unspecified atom stereocenters. The van der Waals surface area contributed by atoms with E-state index in [2.05, 4.69) is 25.1 Å². The summed E-state index contributed by atoms with van der Waals surface area (Å²) in [5.74, 6) is 0.891. The first-order valence-electron chi connectivity index (χ1n) is 9.65. The largest absolute Gasteiger partial charge is 0.360 e. The Morgan fingerprint density at radius 3 is 2.45 bits per heavy atom. The Morgan fingerprint density at radius 2 is 1.69 bits per heavy atom. The van der Waals surface area contributed by atoms with Gasteiger partial charge in [0.05, 0.1) is 11.3 Å². The van der Waals surface area contributed by atoms with Gasteiger partial charge in [-0.1, -0.05) is 24.3 Å². The first-order chi connectivity index (χ1) is 14.3. The van der Waals surface area contributed by atoms with E-state index in [0.717, 1.165) is 46.8 Å². The summed E-state index contributed by atoms with van der Waals surface area (Å²) in [5, 5.41) is 9.65. The van der Waals surface area contributed by atoms with Crippen LogP contribution in [0, 0.1) is 0 Å². The average Bonchev–Trinajstić information content (AvgIpc) is 3.24. The molecule has 1 N–H and O–H groups in total. The van der Waals surface area contributed by atoms with Crippen LogP contribution in [0.5, 0.6) is 0 Å². The molecule has 4 heterocycles. The monoisotopic (exact) mass is 384 g/mol. The normalized spacial score (nSPS) is 14.3. The minimum absolute atomic E-state index is 0.0682. The number of amides is 1. The molecule has 7 nitrogen and oxygen atoms in total. The van der Waals surface area contributed by atoms with Gasteiger partial charge in [0.15, 0.2) is 5.82 Å².